The molecular weight excluding hydrogens is 438 g/mol. The minimum absolute atomic E-state index is 0.0590. The van der Waals surface area contributed by atoms with Crippen LogP contribution in [-0.4, -0.2) is 27.1 Å². The lowest BCUT2D eigenvalue weighted by Gasteiger charge is -2.09. The maximum absolute atomic E-state index is 13.3. The third-order valence-electron chi connectivity index (χ3n) is 4.29. The van der Waals surface area contributed by atoms with Gasteiger partial charge in [-0.15, -0.1) is 10.2 Å². The number of aromatic hydroxyl groups is 1. The van der Waals surface area contributed by atoms with Gasteiger partial charge in [-0.3, -0.25) is 14.9 Å². The first-order chi connectivity index (χ1) is 15.4. The van der Waals surface area contributed by atoms with E-state index in [2.05, 4.69) is 20.8 Å². The summed E-state index contributed by atoms with van der Waals surface area (Å²) in [5.74, 6) is -3.58. The zero-order chi connectivity index (χ0) is 22.7. The Morgan fingerprint density at radius 1 is 0.844 bits per heavy atom. The molecule has 4 rings (SSSR count). The molecule has 4 aromatic rings. The number of rotatable bonds is 5. The van der Waals surface area contributed by atoms with E-state index >= 15 is 0 Å². The van der Waals surface area contributed by atoms with Gasteiger partial charge in [-0.25, -0.2) is 8.78 Å². The zero-order valence-electron chi connectivity index (χ0n) is 16.2. The van der Waals surface area contributed by atoms with Crippen LogP contribution < -0.4 is 10.6 Å². The molecule has 0 bridgehead atoms. The number of hydrogen-bond donors (Lipinski definition) is 3. The predicted octanol–water partition coefficient (Wildman–Crippen LogP) is 4.69. The summed E-state index contributed by atoms with van der Waals surface area (Å²) in [5.41, 5.74) is 0.702. The van der Waals surface area contributed by atoms with Gasteiger partial charge >= 0.3 is 0 Å². The molecule has 0 aliphatic carbocycles. The highest BCUT2D eigenvalue weighted by Gasteiger charge is 2.16. The van der Waals surface area contributed by atoms with E-state index in [1.807, 2.05) is 30.3 Å². The topological polar surface area (TPSA) is 104 Å². The number of nitrogens with one attached hydrogen (secondary N) is 2. The number of hydrogen-bond acceptors (Lipinski definition) is 6. The minimum Gasteiger partial charge on any atom is -0.507 e. The zero-order valence-corrected chi connectivity index (χ0v) is 17.0. The van der Waals surface area contributed by atoms with Gasteiger partial charge in [0.25, 0.3) is 11.8 Å². The molecule has 0 radical (unpaired) electrons. The summed E-state index contributed by atoms with van der Waals surface area (Å²) >= 11 is 1.17. The number of phenolic OH excluding ortho intramolecular Hbond substituents is 1. The quantitative estimate of drug-likeness (QED) is 0.407. The van der Waals surface area contributed by atoms with Crippen molar-refractivity contribution in [2.24, 2.45) is 0 Å². The number of benzene rings is 3. The molecule has 0 fully saturated rings. The second-order valence-corrected chi connectivity index (χ2v) is 7.55. The first kappa shape index (κ1) is 21.1. The standard InChI is InChI=1S/C22H14F2N4O3S/c23-14-8-13(9-15(24)10-14)19(30)25-16-6-7-17(18(29)11-16)20(31)26-22-28-27-21(32-22)12-4-2-1-3-5-12/h1-11,29H,(H,25,30)(H,26,28,31). The fourth-order valence-corrected chi connectivity index (χ4v) is 3.57. The van der Waals surface area contributed by atoms with Crippen LogP contribution >= 0.6 is 11.3 Å². The fourth-order valence-electron chi connectivity index (χ4n) is 2.83. The summed E-state index contributed by atoms with van der Waals surface area (Å²) in [6.07, 6.45) is 0. The minimum atomic E-state index is -0.892. The summed E-state index contributed by atoms with van der Waals surface area (Å²) < 4.78 is 26.6. The molecule has 0 aliphatic heterocycles. The molecule has 0 spiro atoms. The van der Waals surface area contributed by atoms with Crippen molar-refractivity contribution in [2.75, 3.05) is 10.6 Å². The number of carbonyl (C=O) groups is 2. The summed E-state index contributed by atoms with van der Waals surface area (Å²) in [6.45, 7) is 0. The summed E-state index contributed by atoms with van der Waals surface area (Å²) in [5, 5.41) is 24.0. The Bertz CT molecular complexity index is 1290. The van der Waals surface area contributed by atoms with Gasteiger partial charge in [0.2, 0.25) is 5.13 Å². The van der Waals surface area contributed by atoms with Crippen molar-refractivity contribution in [1.29, 1.82) is 0 Å². The van der Waals surface area contributed by atoms with Crippen LogP contribution in [-0.2, 0) is 0 Å². The Kier molecular flexibility index (Phi) is 5.86. The van der Waals surface area contributed by atoms with Crippen LogP contribution in [0, 0.1) is 11.6 Å². The summed E-state index contributed by atoms with van der Waals surface area (Å²) in [4.78, 5) is 24.7. The predicted molar refractivity (Wildman–Crippen MR) is 116 cm³/mol. The maximum Gasteiger partial charge on any atom is 0.261 e. The molecule has 3 N–H and O–H groups in total. The van der Waals surface area contributed by atoms with E-state index in [-0.39, 0.29) is 21.9 Å². The van der Waals surface area contributed by atoms with Crippen LogP contribution in [0.25, 0.3) is 10.6 Å². The molecule has 0 atom stereocenters. The van der Waals surface area contributed by atoms with Gasteiger partial charge in [-0.1, -0.05) is 41.7 Å². The Hall–Kier alpha value is -4.18. The number of amides is 2. The molecule has 0 aliphatic rings. The first-order valence-electron chi connectivity index (χ1n) is 9.20. The van der Waals surface area contributed by atoms with E-state index in [1.165, 1.54) is 23.5 Å². The SMILES string of the molecule is O=C(Nc1ccc(C(=O)Nc2nnc(-c3ccccc3)s2)c(O)c1)c1cc(F)cc(F)c1. The third kappa shape index (κ3) is 4.76. The van der Waals surface area contributed by atoms with E-state index in [0.29, 0.717) is 11.1 Å². The van der Waals surface area contributed by atoms with Gasteiger partial charge in [-0.2, -0.15) is 0 Å². The molecule has 2 amide bonds. The molecule has 160 valence electrons. The molecule has 1 heterocycles. The third-order valence-corrected chi connectivity index (χ3v) is 5.18. The Labute approximate surface area is 184 Å². The highest BCUT2D eigenvalue weighted by Crippen LogP contribution is 2.28. The second-order valence-electron chi connectivity index (χ2n) is 6.58. The lowest BCUT2D eigenvalue weighted by Crippen LogP contribution is -2.14. The van der Waals surface area contributed by atoms with E-state index in [1.54, 1.807) is 0 Å². The number of halogens is 2. The smallest absolute Gasteiger partial charge is 0.261 e. The number of aromatic nitrogens is 2. The molecule has 0 unspecified atom stereocenters. The van der Waals surface area contributed by atoms with Gasteiger partial charge in [0.05, 0.1) is 5.56 Å². The van der Waals surface area contributed by atoms with Gasteiger partial charge in [0, 0.05) is 28.9 Å². The van der Waals surface area contributed by atoms with E-state index < -0.39 is 29.2 Å². The number of anilines is 2. The van der Waals surface area contributed by atoms with Crippen LogP contribution in [0.15, 0.2) is 66.7 Å². The molecule has 1 aromatic heterocycles. The average Bonchev–Trinajstić information content (AvgIpc) is 3.22. The van der Waals surface area contributed by atoms with Crippen molar-refractivity contribution in [3.8, 4) is 16.3 Å². The van der Waals surface area contributed by atoms with E-state index in [4.69, 9.17) is 0 Å². The van der Waals surface area contributed by atoms with Crippen LogP contribution in [0.1, 0.15) is 20.7 Å². The summed E-state index contributed by atoms with van der Waals surface area (Å²) in [7, 11) is 0. The Balaban J connectivity index is 1.45. The molecule has 32 heavy (non-hydrogen) atoms. The van der Waals surface area contributed by atoms with Crippen molar-refractivity contribution in [3.63, 3.8) is 0 Å². The van der Waals surface area contributed by atoms with E-state index in [9.17, 15) is 23.5 Å². The molecule has 7 nitrogen and oxygen atoms in total. The maximum atomic E-state index is 13.3. The second kappa shape index (κ2) is 8.90. The summed E-state index contributed by atoms with van der Waals surface area (Å²) in [6, 6.07) is 15.6. The average molecular weight is 452 g/mol. The molecule has 0 saturated carbocycles. The highest BCUT2D eigenvalue weighted by molar-refractivity contribution is 7.18. The van der Waals surface area contributed by atoms with E-state index in [0.717, 1.165) is 23.8 Å². The van der Waals surface area contributed by atoms with Gasteiger partial charge in [0.15, 0.2) is 0 Å². The van der Waals surface area contributed by atoms with Crippen molar-refractivity contribution in [3.05, 3.63) is 89.5 Å². The van der Waals surface area contributed by atoms with Crippen molar-refractivity contribution >= 4 is 34.0 Å². The monoisotopic (exact) mass is 452 g/mol. The lowest BCUT2D eigenvalue weighted by atomic mass is 10.1. The van der Waals surface area contributed by atoms with Crippen LogP contribution in [0.3, 0.4) is 0 Å². The molecule has 10 heteroatoms. The van der Waals surface area contributed by atoms with Gasteiger partial charge in [0.1, 0.15) is 22.4 Å². The molecule has 0 saturated heterocycles. The highest BCUT2D eigenvalue weighted by atomic mass is 32.1. The first-order valence-corrected chi connectivity index (χ1v) is 10.0. The van der Waals surface area contributed by atoms with Crippen molar-refractivity contribution in [1.82, 2.24) is 10.2 Å². The number of nitrogens with zero attached hydrogens (tertiary/aromatic N) is 2. The van der Waals surface area contributed by atoms with Crippen molar-refractivity contribution < 1.29 is 23.5 Å². The number of phenols is 1. The normalized spacial score (nSPS) is 10.6. The Morgan fingerprint density at radius 2 is 1.56 bits per heavy atom. The number of carbonyl (C=O) groups excluding carboxylic acids is 2. The van der Waals surface area contributed by atoms with Gasteiger partial charge in [-0.05, 0) is 24.3 Å². The molecular formula is C22H14F2N4O3S. The lowest BCUT2D eigenvalue weighted by molar-refractivity contribution is 0.101. The largest absolute Gasteiger partial charge is 0.507 e. The van der Waals surface area contributed by atoms with Crippen LogP contribution in [0.5, 0.6) is 5.75 Å². The van der Waals surface area contributed by atoms with Gasteiger partial charge < -0.3 is 10.4 Å². The van der Waals surface area contributed by atoms with Crippen LogP contribution in [0.2, 0.25) is 0 Å². The Morgan fingerprint density at radius 3 is 2.25 bits per heavy atom. The fraction of sp³-hybridized carbons (Fsp3) is 0. The molecule has 3 aromatic carbocycles. The van der Waals surface area contributed by atoms with Crippen molar-refractivity contribution in [2.45, 2.75) is 0 Å². The van der Waals surface area contributed by atoms with Crippen LogP contribution in [0.4, 0.5) is 19.6 Å².